The molecule has 106 valence electrons. The van der Waals surface area contributed by atoms with Gasteiger partial charge in [0.25, 0.3) is 5.91 Å². The number of carbonyl (C=O) groups is 2. The van der Waals surface area contributed by atoms with Crippen LogP contribution in [-0.2, 0) is 11.2 Å². The molecule has 1 atom stereocenters. The minimum absolute atomic E-state index is 0.132. The summed E-state index contributed by atoms with van der Waals surface area (Å²) in [6, 6.07) is 0. The van der Waals surface area contributed by atoms with E-state index >= 15 is 0 Å². The van der Waals surface area contributed by atoms with Crippen LogP contribution < -0.4 is 5.32 Å². The number of carboxylic acid groups (broad SMARTS) is 1. The zero-order valence-corrected chi connectivity index (χ0v) is 12.2. The number of aliphatic carboxylic acids is 1. The molecule has 1 unspecified atom stereocenters. The molecular weight excluding hydrogens is 266 g/mol. The van der Waals surface area contributed by atoms with Crippen LogP contribution >= 0.6 is 11.5 Å². The van der Waals surface area contributed by atoms with Gasteiger partial charge >= 0.3 is 5.97 Å². The first kappa shape index (κ1) is 15.6. The number of aromatic nitrogens is 2. The van der Waals surface area contributed by atoms with Gasteiger partial charge in [0.1, 0.15) is 4.88 Å². The highest BCUT2D eigenvalue weighted by Gasteiger charge is 2.21. The van der Waals surface area contributed by atoms with Crippen LogP contribution in [0.3, 0.4) is 0 Å². The van der Waals surface area contributed by atoms with Crippen LogP contribution in [0.15, 0.2) is 0 Å². The van der Waals surface area contributed by atoms with Crippen molar-refractivity contribution in [2.45, 2.75) is 33.6 Å². The highest BCUT2D eigenvalue weighted by molar-refractivity contribution is 7.08. The number of aryl methyl sites for hydroxylation is 1. The molecule has 0 saturated heterocycles. The van der Waals surface area contributed by atoms with Crippen molar-refractivity contribution in [3.05, 3.63) is 10.6 Å². The van der Waals surface area contributed by atoms with E-state index in [0.29, 0.717) is 23.4 Å². The fourth-order valence-corrected chi connectivity index (χ4v) is 2.42. The van der Waals surface area contributed by atoms with Crippen molar-refractivity contribution in [1.29, 1.82) is 0 Å². The molecule has 0 aromatic carbocycles. The van der Waals surface area contributed by atoms with Crippen molar-refractivity contribution in [3.8, 4) is 0 Å². The number of hydrogen-bond acceptors (Lipinski definition) is 5. The number of carboxylic acids is 1. The lowest BCUT2D eigenvalue weighted by atomic mass is 9.97. The highest BCUT2D eigenvalue weighted by Crippen LogP contribution is 2.13. The monoisotopic (exact) mass is 285 g/mol. The van der Waals surface area contributed by atoms with Gasteiger partial charge in [-0.2, -0.15) is 0 Å². The third-order valence-corrected chi connectivity index (χ3v) is 3.48. The maximum Gasteiger partial charge on any atom is 0.308 e. The van der Waals surface area contributed by atoms with Crippen molar-refractivity contribution in [1.82, 2.24) is 14.9 Å². The second-order valence-corrected chi connectivity index (χ2v) is 5.53. The van der Waals surface area contributed by atoms with Gasteiger partial charge in [-0.05, 0) is 30.3 Å². The standard InChI is InChI=1S/C12H19N3O3S/c1-4-9-10(19-15-14-9)11(16)13-6-8(12(17)18)5-7(2)3/h7-8H,4-6H2,1-3H3,(H,13,16)(H,17,18). The molecule has 1 aromatic rings. The van der Waals surface area contributed by atoms with Crippen LogP contribution in [0, 0.1) is 11.8 Å². The average molecular weight is 285 g/mol. The summed E-state index contributed by atoms with van der Waals surface area (Å²) in [5, 5.41) is 15.6. The molecule has 0 aliphatic carbocycles. The van der Waals surface area contributed by atoms with Crippen molar-refractivity contribution in [3.63, 3.8) is 0 Å². The molecule has 0 bridgehead atoms. The van der Waals surface area contributed by atoms with E-state index in [2.05, 4.69) is 14.9 Å². The second-order valence-electron chi connectivity index (χ2n) is 4.78. The van der Waals surface area contributed by atoms with E-state index in [4.69, 9.17) is 5.11 Å². The van der Waals surface area contributed by atoms with Gasteiger partial charge < -0.3 is 10.4 Å². The summed E-state index contributed by atoms with van der Waals surface area (Å²) in [7, 11) is 0. The van der Waals surface area contributed by atoms with E-state index in [0.717, 1.165) is 11.5 Å². The fourth-order valence-electron chi connectivity index (χ4n) is 1.75. The largest absolute Gasteiger partial charge is 0.481 e. The first-order valence-corrected chi connectivity index (χ1v) is 7.05. The third-order valence-electron chi connectivity index (χ3n) is 2.71. The summed E-state index contributed by atoms with van der Waals surface area (Å²) in [6.07, 6.45) is 1.17. The normalized spacial score (nSPS) is 12.4. The van der Waals surface area contributed by atoms with Gasteiger partial charge in [-0.15, -0.1) is 5.10 Å². The van der Waals surface area contributed by atoms with Gasteiger partial charge in [-0.3, -0.25) is 9.59 Å². The summed E-state index contributed by atoms with van der Waals surface area (Å²) < 4.78 is 3.74. The van der Waals surface area contributed by atoms with Crippen LogP contribution in [0.25, 0.3) is 0 Å². The number of nitrogens with one attached hydrogen (secondary N) is 1. The lowest BCUT2D eigenvalue weighted by Crippen LogP contribution is -2.33. The zero-order chi connectivity index (χ0) is 14.4. The first-order valence-electron chi connectivity index (χ1n) is 6.27. The van der Waals surface area contributed by atoms with Crippen molar-refractivity contribution in [2.24, 2.45) is 11.8 Å². The molecule has 0 fully saturated rings. The molecule has 7 heteroatoms. The Hall–Kier alpha value is -1.50. The summed E-state index contributed by atoms with van der Waals surface area (Å²) in [5.74, 6) is -1.46. The maximum atomic E-state index is 11.9. The van der Waals surface area contributed by atoms with Gasteiger partial charge in [0.15, 0.2) is 0 Å². The molecule has 6 nitrogen and oxygen atoms in total. The third kappa shape index (κ3) is 4.59. The Labute approximate surface area is 116 Å². The number of carbonyl (C=O) groups excluding carboxylic acids is 1. The van der Waals surface area contributed by atoms with E-state index in [1.807, 2.05) is 20.8 Å². The molecule has 1 aromatic heterocycles. The molecule has 0 aliphatic heterocycles. The Kier molecular flexibility index (Phi) is 5.88. The Bertz CT molecular complexity index is 445. The van der Waals surface area contributed by atoms with E-state index < -0.39 is 11.9 Å². The van der Waals surface area contributed by atoms with E-state index in [1.54, 1.807) is 0 Å². The maximum absolute atomic E-state index is 11.9. The lowest BCUT2D eigenvalue weighted by Gasteiger charge is -2.15. The molecule has 1 amide bonds. The van der Waals surface area contributed by atoms with Crippen LogP contribution in [-0.4, -0.2) is 33.1 Å². The smallest absolute Gasteiger partial charge is 0.308 e. The molecular formula is C12H19N3O3S. The van der Waals surface area contributed by atoms with Crippen LogP contribution in [0.4, 0.5) is 0 Å². The Morgan fingerprint density at radius 2 is 2.11 bits per heavy atom. The topological polar surface area (TPSA) is 92.2 Å². The molecule has 0 saturated carbocycles. The minimum atomic E-state index is -0.882. The van der Waals surface area contributed by atoms with Crippen LogP contribution in [0.5, 0.6) is 0 Å². The number of nitrogens with zero attached hydrogens (tertiary/aromatic N) is 2. The van der Waals surface area contributed by atoms with Crippen molar-refractivity contribution in [2.75, 3.05) is 6.54 Å². The summed E-state index contributed by atoms with van der Waals surface area (Å²) in [5.41, 5.74) is 0.651. The summed E-state index contributed by atoms with van der Waals surface area (Å²) >= 11 is 1.04. The van der Waals surface area contributed by atoms with Gasteiger partial charge in [-0.1, -0.05) is 25.3 Å². The van der Waals surface area contributed by atoms with Gasteiger partial charge in [-0.25, -0.2) is 0 Å². The first-order chi connectivity index (χ1) is 8.95. The second kappa shape index (κ2) is 7.18. The predicted octanol–water partition coefficient (Wildman–Crippen LogP) is 1.58. The van der Waals surface area contributed by atoms with Gasteiger partial charge in [0, 0.05) is 6.54 Å². The van der Waals surface area contributed by atoms with E-state index in [9.17, 15) is 9.59 Å². The zero-order valence-electron chi connectivity index (χ0n) is 11.3. The summed E-state index contributed by atoms with van der Waals surface area (Å²) in [6.45, 7) is 5.94. The SMILES string of the molecule is CCc1nnsc1C(=O)NCC(CC(C)C)C(=O)O. The Morgan fingerprint density at radius 3 is 2.63 bits per heavy atom. The molecule has 0 aliphatic rings. The molecule has 19 heavy (non-hydrogen) atoms. The number of hydrogen-bond donors (Lipinski definition) is 2. The molecule has 0 spiro atoms. The Balaban J connectivity index is 2.59. The summed E-state index contributed by atoms with van der Waals surface area (Å²) in [4.78, 5) is 23.5. The van der Waals surface area contributed by atoms with E-state index in [-0.39, 0.29) is 18.4 Å². The highest BCUT2D eigenvalue weighted by atomic mass is 32.1. The number of rotatable bonds is 7. The van der Waals surface area contributed by atoms with Crippen LogP contribution in [0.1, 0.15) is 42.6 Å². The van der Waals surface area contributed by atoms with Crippen LogP contribution in [0.2, 0.25) is 0 Å². The Morgan fingerprint density at radius 1 is 1.42 bits per heavy atom. The lowest BCUT2D eigenvalue weighted by molar-refractivity contribution is -0.142. The molecule has 2 N–H and O–H groups in total. The molecule has 1 rings (SSSR count). The minimum Gasteiger partial charge on any atom is -0.481 e. The van der Waals surface area contributed by atoms with Gasteiger partial charge in [0.2, 0.25) is 0 Å². The fraction of sp³-hybridized carbons (Fsp3) is 0.667. The van der Waals surface area contributed by atoms with Crippen molar-refractivity contribution >= 4 is 23.4 Å². The van der Waals surface area contributed by atoms with Crippen molar-refractivity contribution < 1.29 is 14.7 Å². The van der Waals surface area contributed by atoms with E-state index in [1.165, 1.54) is 0 Å². The number of amides is 1. The quantitative estimate of drug-likeness (QED) is 0.793. The van der Waals surface area contributed by atoms with Gasteiger partial charge in [0.05, 0.1) is 11.6 Å². The average Bonchev–Trinajstić information content (AvgIpc) is 2.81. The molecule has 1 heterocycles. The predicted molar refractivity (Wildman–Crippen MR) is 72.2 cm³/mol. The molecule has 0 radical (unpaired) electrons.